The number of aromatic nitrogens is 3. The van der Waals surface area contributed by atoms with Crippen molar-refractivity contribution < 1.29 is 5.11 Å². The summed E-state index contributed by atoms with van der Waals surface area (Å²) in [7, 11) is 0. The van der Waals surface area contributed by atoms with Crippen LogP contribution >= 0.6 is 0 Å². The molecule has 0 radical (unpaired) electrons. The average molecular weight is 210 g/mol. The van der Waals surface area contributed by atoms with Crippen molar-refractivity contribution in [3.63, 3.8) is 0 Å². The van der Waals surface area contributed by atoms with Crippen LogP contribution in [0.4, 0.5) is 0 Å². The van der Waals surface area contributed by atoms with E-state index in [1.807, 2.05) is 6.20 Å². The summed E-state index contributed by atoms with van der Waals surface area (Å²) in [6, 6.07) is 0. The molecule has 2 N–H and O–H groups in total. The summed E-state index contributed by atoms with van der Waals surface area (Å²) in [4.78, 5) is 0. The lowest BCUT2D eigenvalue weighted by Crippen LogP contribution is -2.47. The zero-order valence-corrected chi connectivity index (χ0v) is 9.11. The smallest absolute Gasteiger partial charge is 0.0965 e. The van der Waals surface area contributed by atoms with Gasteiger partial charge in [-0.15, -0.1) is 5.10 Å². The molecule has 1 aliphatic rings. The van der Waals surface area contributed by atoms with E-state index in [-0.39, 0.29) is 6.61 Å². The van der Waals surface area contributed by atoms with Gasteiger partial charge in [0.05, 0.1) is 18.8 Å². The normalized spacial score (nSPS) is 18.8. The number of nitrogens with one attached hydrogen (secondary N) is 1. The molecule has 5 heteroatoms. The Bertz CT molecular complexity index is 319. The molecule has 15 heavy (non-hydrogen) atoms. The van der Waals surface area contributed by atoms with E-state index in [9.17, 15) is 0 Å². The van der Waals surface area contributed by atoms with Crippen molar-refractivity contribution in [1.82, 2.24) is 20.3 Å². The summed E-state index contributed by atoms with van der Waals surface area (Å²) in [5.41, 5.74) is 1.25. The van der Waals surface area contributed by atoms with Gasteiger partial charge in [0.25, 0.3) is 0 Å². The minimum Gasteiger partial charge on any atom is -0.394 e. The molecule has 1 aliphatic carbocycles. The van der Waals surface area contributed by atoms with Gasteiger partial charge in [-0.2, -0.15) is 0 Å². The zero-order chi connectivity index (χ0) is 10.7. The Balaban J connectivity index is 1.82. The average Bonchev–Trinajstić information content (AvgIpc) is 2.60. The Labute approximate surface area is 89.5 Å². The van der Waals surface area contributed by atoms with Crippen LogP contribution in [0.3, 0.4) is 0 Å². The first-order valence-electron chi connectivity index (χ1n) is 5.47. The maximum Gasteiger partial charge on any atom is 0.0965 e. The molecule has 1 aromatic rings. The van der Waals surface area contributed by atoms with Crippen LogP contribution in [0, 0.1) is 0 Å². The molecule has 0 aromatic carbocycles. The molecular formula is C10H18N4O. The van der Waals surface area contributed by atoms with Gasteiger partial charge in [-0.3, -0.25) is 0 Å². The predicted octanol–water partition coefficient (Wildman–Crippen LogP) is 0.303. The van der Waals surface area contributed by atoms with Crippen molar-refractivity contribution in [2.24, 2.45) is 0 Å². The minimum atomic E-state index is 0.105. The first-order valence-corrected chi connectivity index (χ1v) is 5.47. The number of aliphatic hydroxyl groups is 1. The minimum absolute atomic E-state index is 0.105. The van der Waals surface area contributed by atoms with E-state index >= 15 is 0 Å². The van der Waals surface area contributed by atoms with Gasteiger partial charge >= 0.3 is 0 Å². The molecule has 0 bridgehead atoms. The van der Waals surface area contributed by atoms with Gasteiger partial charge in [0.15, 0.2) is 0 Å². The lowest BCUT2D eigenvalue weighted by molar-refractivity contribution is 0.206. The topological polar surface area (TPSA) is 63.0 Å². The highest BCUT2D eigenvalue weighted by atomic mass is 16.3. The molecule has 0 saturated heterocycles. The van der Waals surface area contributed by atoms with E-state index < -0.39 is 0 Å². The van der Waals surface area contributed by atoms with Gasteiger partial charge in [0, 0.05) is 18.3 Å². The molecule has 1 saturated carbocycles. The third-order valence-corrected chi connectivity index (χ3v) is 3.07. The van der Waals surface area contributed by atoms with Gasteiger partial charge in [-0.25, -0.2) is 4.68 Å². The molecule has 84 valence electrons. The molecule has 1 aromatic heterocycles. The second-order valence-corrected chi connectivity index (χ2v) is 4.46. The van der Waals surface area contributed by atoms with E-state index in [2.05, 4.69) is 22.6 Å². The van der Waals surface area contributed by atoms with E-state index in [1.165, 1.54) is 19.3 Å². The number of nitrogens with zero attached hydrogens (tertiary/aromatic N) is 3. The highest BCUT2D eigenvalue weighted by molar-refractivity contribution is 4.97. The van der Waals surface area contributed by atoms with Crippen molar-refractivity contribution in [2.45, 2.75) is 44.8 Å². The highest BCUT2D eigenvalue weighted by Crippen LogP contribution is 2.30. The second-order valence-electron chi connectivity index (χ2n) is 4.46. The van der Waals surface area contributed by atoms with Crippen molar-refractivity contribution in [2.75, 3.05) is 6.61 Å². The van der Waals surface area contributed by atoms with Crippen molar-refractivity contribution >= 4 is 0 Å². The first-order chi connectivity index (χ1) is 7.22. The molecule has 0 unspecified atom stereocenters. The maximum atomic E-state index is 8.73. The third kappa shape index (κ3) is 2.54. The number of aliphatic hydroxyl groups excluding tert-OH is 1. The highest BCUT2D eigenvalue weighted by Gasteiger charge is 2.30. The molecule has 0 spiro atoms. The number of rotatable bonds is 5. The molecule has 1 heterocycles. The van der Waals surface area contributed by atoms with Crippen LogP contribution in [0.1, 0.15) is 31.9 Å². The van der Waals surface area contributed by atoms with Crippen molar-refractivity contribution in [3.8, 4) is 0 Å². The van der Waals surface area contributed by atoms with Gasteiger partial charge in [-0.05, 0) is 26.2 Å². The van der Waals surface area contributed by atoms with Crippen LogP contribution in [-0.2, 0) is 13.1 Å². The Morgan fingerprint density at radius 1 is 1.60 bits per heavy atom. The lowest BCUT2D eigenvalue weighted by atomic mass is 9.78. The molecular weight excluding hydrogens is 192 g/mol. The van der Waals surface area contributed by atoms with Gasteiger partial charge in [0.2, 0.25) is 0 Å². The number of hydrogen-bond acceptors (Lipinski definition) is 4. The Morgan fingerprint density at radius 3 is 3.00 bits per heavy atom. The standard InChI is InChI=1S/C10H18N4O/c1-10(3-2-4-10)11-7-9-8-14(5-6-15)13-12-9/h8,11,15H,2-7H2,1H3. The number of hydrogen-bond donors (Lipinski definition) is 2. The van der Waals surface area contributed by atoms with Crippen LogP contribution in [-0.4, -0.2) is 32.2 Å². The molecule has 0 aliphatic heterocycles. The second kappa shape index (κ2) is 4.28. The SMILES string of the molecule is CC1(NCc2cn(CCO)nn2)CCC1. The fourth-order valence-corrected chi connectivity index (χ4v) is 1.82. The fourth-order valence-electron chi connectivity index (χ4n) is 1.82. The fraction of sp³-hybridized carbons (Fsp3) is 0.800. The largest absolute Gasteiger partial charge is 0.394 e. The van der Waals surface area contributed by atoms with Gasteiger partial charge in [0.1, 0.15) is 0 Å². The lowest BCUT2D eigenvalue weighted by Gasteiger charge is -2.39. The van der Waals surface area contributed by atoms with Crippen LogP contribution < -0.4 is 5.32 Å². The molecule has 5 nitrogen and oxygen atoms in total. The Kier molecular flexibility index (Phi) is 3.02. The Morgan fingerprint density at radius 2 is 2.40 bits per heavy atom. The Hall–Kier alpha value is -0.940. The van der Waals surface area contributed by atoms with Crippen LogP contribution in [0.2, 0.25) is 0 Å². The monoisotopic (exact) mass is 210 g/mol. The molecule has 0 atom stereocenters. The first kappa shape index (κ1) is 10.6. The van der Waals surface area contributed by atoms with E-state index in [0.29, 0.717) is 12.1 Å². The van der Waals surface area contributed by atoms with E-state index in [1.54, 1.807) is 4.68 Å². The van der Waals surface area contributed by atoms with E-state index in [0.717, 1.165) is 12.2 Å². The summed E-state index contributed by atoms with van der Waals surface area (Å²) in [6.07, 6.45) is 5.70. The van der Waals surface area contributed by atoms with E-state index in [4.69, 9.17) is 5.11 Å². The van der Waals surface area contributed by atoms with Gasteiger partial charge < -0.3 is 10.4 Å². The molecule has 0 amide bonds. The summed E-state index contributed by atoms with van der Waals surface area (Å²) in [5, 5.41) is 20.2. The zero-order valence-electron chi connectivity index (χ0n) is 9.11. The predicted molar refractivity (Wildman–Crippen MR) is 56.2 cm³/mol. The van der Waals surface area contributed by atoms with Gasteiger partial charge in [-0.1, -0.05) is 5.21 Å². The summed E-state index contributed by atoms with van der Waals surface area (Å²) >= 11 is 0. The van der Waals surface area contributed by atoms with Crippen LogP contribution in [0.25, 0.3) is 0 Å². The van der Waals surface area contributed by atoms with Crippen molar-refractivity contribution in [3.05, 3.63) is 11.9 Å². The molecule has 1 fully saturated rings. The van der Waals surface area contributed by atoms with Crippen molar-refractivity contribution in [1.29, 1.82) is 0 Å². The summed E-state index contributed by atoms with van der Waals surface area (Å²) < 4.78 is 1.67. The third-order valence-electron chi connectivity index (χ3n) is 3.07. The van der Waals surface area contributed by atoms with Crippen LogP contribution in [0.5, 0.6) is 0 Å². The molecule has 2 rings (SSSR count). The summed E-state index contributed by atoms with van der Waals surface area (Å²) in [5.74, 6) is 0. The quantitative estimate of drug-likeness (QED) is 0.734. The maximum absolute atomic E-state index is 8.73. The summed E-state index contributed by atoms with van der Waals surface area (Å²) in [6.45, 7) is 3.63. The van der Waals surface area contributed by atoms with Crippen LogP contribution in [0.15, 0.2) is 6.20 Å².